The number of quaternary nitrogens is 1. The molecule has 0 heterocycles. The fourth-order valence-electron chi connectivity index (χ4n) is 2.65. The Morgan fingerprint density at radius 3 is 2.06 bits per heavy atom. The lowest BCUT2D eigenvalue weighted by molar-refractivity contribution is -0.918. The van der Waals surface area contributed by atoms with E-state index in [4.69, 9.17) is 0 Å². The molecular weight excluding hydrogens is 206 g/mol. The van der Waals surface area contributed by atoms with E-state index >= 15 is 0 Å². The highest BCUT2D eigenvalue weighted by Crippen LogP contribution is 2.17. The van der Waals surface area contributed by atoms with Gasteiger partial charge in [0.15, 0.2) is 0 Å². The highest BCUT2D eigenvalue weighted by molar-refractivity contribution is 4.72. The van der Waals surface area contributed by atoms with Gasteiger partial charge in [-0.15, -0.1) is 0 Å². The molecule has 0 aromatic carbocycles. The van der Waals surface area contributed by atoms with Crippen molar-refractivity contribution < 1.29 is 4.48 Å². The number of nitrogens with zero attached hydrogens (tertiary/aromatic N) is 1. The first kappa shape index (κ1) is 16.4. The SMILES string of the molecule is C=CC[N+](CC)(CC=C)CC(C)CCCCC. The molecule has 0 saturated heterocycles. The van der Waals surface area contributed by atoms with Gasteiger partial charge >= 0.3 is 0 Å². The average Bonchev–Trinajstić information content (AvgIpc) is 2.30. The predicted molar refractivity (Wildman–Crippen MR) is 79.1 cm³/mol. The first-order valence-electron chi connectivity index (χ1n) is 7.21. The second kappa shape index (κ2) is 9.47. The minimum Gasteiger partial charge on any atom is -0.317 e. The van der Waals surface area contributed by atoms with Crippen LogP contribution in [0.15, 0.2) is 25.3 Å². The molecule has 0 aromatic rings. The molecule has 0 amide bonds. The molecule has 100 valence electrons. The van der Waals surface area contributed by atoms with Crippen LogP contribution in [0.25, 0.3) is 0 Å². The van der Waals surface area contributed by atoms with Crippen LogP contribution in [-0.2, 0) is 0 Å². The molecule has 0 radical (unpaired) electrons. The van der Waals surface area contributed by atoms with E-state index in [1.165, 1.54) is 38.8 Å². The van der Waals surface area contributed by atoms with Gasteiger partial charge in [0.05, 0.1) is 26.2 Å². The van der Waals surface area contributed by atoms with Crippen molar-refractivity contribution in [1.29, 1.82) is 0 Å². The van der Waals surface area contributed by atoms with Crippen LogP contribution in [-0.4, -0.2) is 30.7 Å². The maximum Gasteiger partial charge on any atom is 0.0973 e. The average molecular weight is 238 g/mol. The number of likely N-dealkylation sites (N-methyl/N-ethyl adjacent to an activating group) is 1. The Hall–Kier alpha value is -0.560. The molecule has 17 heavy (non-hydrogen) atoms. The molecule has 1 unspecified atom stereocenters. The maximum absolute atomic E-state index is 3.91. The second-order valence-corrected chi connectivity index (χ2v) is 5.38. The topological polar surface area (TPSA) is 0 Å². The van der Waals surface area contributed by atoms with E-state index in [0.717, 1.165) is 23.5 Å². The van der Waals surface area contributed by atoms with Crippen LogP contribution in [0.5, 0.6) is 0 Å². The number of hydrogen-bond acceptors (Lipinski definition) is 0. The zero-order chi connectivity index (χ0) is 13.1. The third-order valence-electron chi connectivity index (χ3n) is 3.70. The Labute approximate surface area is 109 Å². The van der Waals surface area contributed by atoms with Crippen LogP contribution < -0.4 is 0 Å². The number of unbranched alkanes of at least 4 members (excludes halogenated alkanes) is 2. The molecule has 0 saturated carbocycles. The lowest BCUT2D eigenvalue weighted by atomic mass is 10.0. The Balaban J connectivity index is 4.29. The summed E-state index contributed by atoms with van der Waals surface area (Å²) < 4.78 is 1.13. The van der Waals surface area contributed by atoms with Crippen LogP contribution in [0.1, 0.15) is 46.5 Å². The quantitative estimate of drug-likeness (QED) is 0.284. The van der Waals surface area contributed by atoms with E-state index in [-0.39, 0.29) is 0 Å². The highest BCUT2D eigenvalue weighted by Gasteiger charge is 2.24. The minimum atomic E-state index is 0.807. The third kappa shape index (κ3) is 6.68. The fourth-order valence-corrected chi connectivity index (χ4v) is 2.65. The van der Waals surface area contributed by atoms with E-state index in [1.54, 1.807) is 0 Å². The molecule has 0 rings (SSSR count). The van der Waals surface area contributed by atoms with Gasteiger partial charge in [-0.3, -0.25) is 0 Å². The van der Waals surface area contributed by atoms with E-state index in [9.17, 15) is 0 Å². The summed E-state index contributed by atoms with van der Waals surface area (Å²) in [4.78, 5) is 0. The third-order valence-corrected chi connectivity index (χ3v) is 3.70. The van der Waals surface area contributed by atoms with Crippen molar-refractivity contribution in [3.63, 3.8) is 0 Å². The van der Waals surface area contributed by atoms with E-state index in [1.807, 2.05) is 0 Å². The van der Waals surface area contributed by atoms with Gasteiger partial charge in [0, 0.05) is 5.92 Å². The lowest BCUT2D eigenvalue weighted by Crippen LogP contribution is -2.50. The van der Waals surface area contributed by atoms with Gasteiger partial charge in [0.1, 0.15) is 0 Å². The fraction of sp³-hybridized carbons (Fsp3) is 0.750. The summed E-state index contributed by atoms with van der Waals surface area (Å²) in [6, 6.07) is 0. The first-order chi connectivity index (χ1) is 8.14. The van der Waals surface area contributed by atoms with Crippen LogP contribution in [0.2, 0.25) is 0 Å². The molecule has 0 bridgehead atoms. The van der Waals surface area contributed by atoms with Crippen molar-refractivity contribution >= 4 is 0 Å². The summed E-state index contributed by atoms with van der Waals surface area (Å²) in [7, 11) is 0. The zero-order valence-electron chi connectivity index (χ0n) is 12.3. The van der Waals surface area contributed by atoms with E-state index in [2.05, 4.69) is 46.1 Å². The van der Waals surface area contributed by atoms with Crippen LogP contribution in [0.3, 0.4) is 0 Å². The molecule has 0 spiro atoms. The molecule has 0 aliphatic heterocycles. The molecule has 0 aromatic heterocycles. The Bertz CT molecular complexity index is 198. The molecule has 1 nitrogen and oxygen atoms in total. The predicted octanol–water partition coefficient (Wildman–Crippen LogP) is 4.41. The summed E-state index contributed by atoms with van der Waals surface area (Å²) in [5.41, 5.74) is 0. The Kier molecular flexibility index (Phi) is 9.16. The highest BCUT2D eigenvalue weighted by atomic mass is 15.3. The van der Waals surface area contributed by atoms with E-state index in [0.29, 0.717) is 0 Å². The summed E-state index contributed by atoms with van der Waals surface area (Å²) in [6.45, 7) is 19.3. The van der Waals surface area contributed by atoms with Crippen LogP contribution in [0.4, 0.5) is 0 Å². The van der Waals surface area contributed by atoms with Crippen molar-refractivity contribution in [2.24, 2.45) is 5.92 Å². The summed E-state index contributed by atoms with van der Waals surface area (Å²) in [6.07, 6.45) is 9.56. The molecular formula is C16H32N+. The summed E-state index contributed by atoms with van der Waals surface area (Å²) >= 11 is 0. The van der Waals surface area contributed by atoms with Gasteiger partial charge in [-0.25, -0.2) is 0 Å². The Morgan fingerprint density at radius 2 is 1.65 bits per heavy atom. The van der Waals surface area contributed by atoms with Gasteiger partial charge in [-0.1, -0.05) is 46.3 Å². The minimum absolute atomic E-state index is 0.807. The van der Waals surface area contributed by atoms with Crippen molar-refractivity contribution in [1.82, 2.24) is 0 Å². The lowest BCUT2D eigenvalue weighted by Gasteiger charge is -2.38. The zero-order valence-corrected chi connectivity index (χ0v) is 12.3. The monoisotopic (exact) mass is 238 g/mol. The van der Waals surface area contributed by atoms with Crippen molar-refractivity contribution in [2.45, 2.75) is 46.5 Å². The van der Waals surface area contributed by atoms with Crippen molar-refractivity contribution in [3.05, 3.63) is 25.3 Å². The van der Waals surface area contributed by atoms with Gasteiger partial charge in [-0.2, -0.15) is 0 Å². The number of rotatable bonds is 11. The van der Waals surface area contributed by atoms with Crippen molar-refractivity contribution in [3.8, 4) is 0 Å². The first-order valence-corrected chi connectivity index (χ1v) is 7.21. The normalized spacial score (nSPS) is 13.4. The Morgan fingerprint density at radius 1 is 1.06 bits per heavy atom. The van der Waals surface area contributed by atoms with Gasteiger partial charge < -0.3 is 4.48 Å². The van der Waals surface area contributed by atoms with E-state index < -0.39 is 0 Å². The molecule has 0 aliphatic rings. The number of hydrogen-bond donors (Lipinski definition) is 0. The van der Waals surface area contributed by atoms with Crippen LogP contribution >= 0.6 is 0 Å². The van der Waals surface area contributed by atoms with Gasteiger partial charge in [-0.05, 0) is 25.5 Å². The standard InChI is InChI=1S/C16H32N/c1-6-10-11-12-16(5)15-17(9-4,13-7-2)14-8-3/h7-8,16H,2-3,6,9-15H2,1,4-5H3/q+1. The molecule has 1 atom stereocenters. The molecule has 0 N–H and O–H groups in total. The maximum atomic E-state index is 3.91. The van der Waals surface area contributed by atoms with Crippen molar-refractivity contribution in [2.75, 3.05) is 26.2 Å². The summed E-state index contributed by atoms with van der Waals surface area (Å²) in [5, 5.41) is 0. The van der Waals surface area contributed by atoms with Crippen LogP contribution in [0, 0.1) is 5.92 Å². The second-order valence-electron chi connectivity index (χ2n) is 5.38. The summed E-state index contributed by atoms with van der Waals surface area (Å²) in [5.74, 6) is 0.807. The molecule has 1 heteroatoms. The van der Waals surface area contributed by atoms with Gasteiger partial charge in [0.25, 0.3) is 0 Å². The largest absolute Gasteiger partial charge is 0.317 e. The smallest absolute Gasteiger partial charge is 0.0973 e. The molecule has 0 fully saturated rings. The molecule has 0 aliphatic carbocycles. The van der Waals surface area contributed by atoms with Gasteiger partial charge in [0.2, 0.25) is 0 Å².